The number of hydroxylamine groups is 2. The largest absolute Gasteiger partial charge is 0.402 e. The number of nitrogens with zero attached hydrogens (tertiary/aromatic N) is 2. The Kier molecular flexibility index (Phi) is 9.53. The zero-order valence-corrected chi connectivity index (χ0v) is 27.4. The number of H-pyrrole nitrogens is 1. The van der Waals surface area contributed by atoms with Gasteiger partial charge in [0, 0.05) is 25.2 Å². The molecule has 0 spiro atoms. The summed E-state index contributed by atoms with van der Waals surface area (Å²) in [5.41, 5.74) is 0.663. The van der Waals surface area contributed by atoms with Crippen LogP contribution in [0.15, 0.2) is 107 Å². The Bertz CT molecular complexity index is 1600. The zero-order chi connectivity index (χ0) is 31.5. The molecule has 1 aliphatic heterocycles. The third kappa shape index (κ3) is 6.43. The first-order valence-electron chi connectivity index (χ1n) is 15.2. The SMILES string of the molecule is Cc1cn([C@H]2C[C@H](O[Si](c3ccccc3)(c3ccccc3)C(C)(C)C)[C@@H](CON(C)C(C)c3ccccc3)O2)c(=O)[nH]c1=O. The second-order valence-corrected chi connectivity index (χ2v) is 16.8. The molecule has 1 fully saturated rings. The van der Waals surface area contributed by atoms with Crippen LogP contribution in [0.3, 0.4) is 0 Å². The van der Waals surface area contributed by atoms with Gasteiger partial charge in [0.2, 0.25) is 0 Å². The van der Waals surface area contributed by atoms with Gasteiger partial charge in [-0.3, -0.25) is 19.2 Å². The minimum absolute atomic E-state index is 0.00825. The zero-order valence-electron chi connectivity index (χ0n) is 26.4. The lowest BCUT2D eigenvalue weighted by Gasteiger charge is -2.45. The van der Waals surface area contributed by atoms with Gasteiger partial charge >= 0.3 is 5.69 Å². The maximum atomic E-state index is 12.9. The van der Waals surface area contributed by atoms with Crippen LogP contribution in [0.2, 0.25) is 5.04 Å². The van der Waals surface area contributed by atoms with Gasteiger partial charge in [-0.05, 0) is 34.8 Å². The number of benzene rings is 3. The van der Waals surface area contributed by atoms with Gasteiger partial charge in [0.1, 0.15) is 12.3 Å². The summed E-state index contributed by atoms with van der Waals surface area (Å²) in [4.78, 5) is 33.9. The molecule has 1 unspecified atom stereocenters. The summed E-state index contributed by atoms with van der Waals surface area (Å²) in [5, 5.41) is 3.91. The van der Waals surface area contributed by atoms with Gasteiger partial charge in [-0.15, -0.1) is 0 Å². The van der Waals surface area contributed by atoms with Crippen LogP contribution in [-0.4, -0.2) is 48.8 Å². The maximum Gasteiger partial charge on any atom is 0.330 e. The lowest BCUT2D eigenvalue weighted by molar-refractivity contribution is -0.197. The highest BCUT2D eigenvalue weighted by Gasteiger charge is 2.54. The van der Waals surface area contributed by atoms with Crippen molar-refractivity contribution >= 4 is 18.7 Å². The van der Waals surface area contributed by atoms with E-state index in [1.165, 1.54) is 4.57 Å². The van der Waals surface area contributed by atoms with Crippen LogP contribution in [0, 0.1) is 6.92 Å². The van der Waals surface area contributed by atoms with E-state index in [4.69, 9.17) is 14.0 Å². The second kappa shape index (κ2) is 13.2. The summed E-state index contributed by atoms with van der Waals surface area (Å²) < 4.78 is 15.6. The van der Waals surface area contributed by atoms with Crippen LogP contribution in [0.5, 0.6) is 0 Å². The fourth-order valence-corrected chi connectivity index (χ4v) is 10.8. The van der Waals surface area contributed by atoms with E-state index in [0.717, 1.165) is 15.9 Å². The van der Waals surface area contributed by atoms with Gasteiger partial charge in [-0.25, -0.2) is 4.79 Å². The summed E-state index contributed by atoms with van der Waals surface area (Å²) in [6.07, 6.45) is 0.476. The van der Waals surface area contributed by atoms with Crippen molar-refractivity contribution in [2.24, 2.45) is 0 Å². The minimum atomic E-state index is -2.95. The average Bonchev–Trinajstić information content (AvgIpc) is 3.42. The van der Waals surface area contributed by atoms with E-state index in [9.17, 15) is 9.59 Å². The van der Waals surface area contributed by atoms with E-state index < -0.39 is 38.0 Å². The molecule has 0 saturated carbocycles. The van der Waals surface area contributed by atoms with E-state index in [2.05, 4.69) is 93.3 Å². The van der Waals surface area contributed by atoms with Gasteiger partial charge in [0.25, 0.3) is 13.9 Å². The van der Waals surface area contributed by atoms with Gasteiger partial charge in [-0.2, -0.15) is 5.06 Å². The van der Waals surface area contributed by atoms with E-state index in [0.29, 0.717) is 12.0 Å². The average molecular weight is 614 g/mol. The van der Waals surface area contributed by atoms with Crippen molar-refractivity contribution in [3.05, 3.63) is 129 Å². The molecular weight excluding hydrogens is 570 g/mol. The molecule has 1 N–H and O–H groups in total. The van der Waals surface area contributed by atoms with Crippen molar-refractivity contribution in [1.29, 1.82) is 0 Å². The Hall–Kier alpha value is -3.60. The number of nitrogens with one attached hydrogen (secondary N) is 1. The number of aromatic nitrogens is 2. The van der Waals surface area contributed by atoms with Crippen molar-refractivity contribution < 1.29 is 14.0 Å². The van der Waals surface area contributed by atoms with E-state index in [-0.39, 0.29) is 17.7 Å². The molecule has 232 valence electrons. The number of aromatic amines is 1. The van der Waals surface area contributed by atoms with E-state index >= 15 is 0 Å². The van der Waals surface area contributed by atoms with Crippen molar-refractivity contribution in [2.45, 2.75) is 70.6 Å². The first-order chi connectivity index (χ1) is 21.0. The fraction of sp³-hybridized carbons (Fsp3) is 0.371. The van der Waals surface area contributed by atoms with E-state index in [1.54, 1.807) is 13.1 Å². The monoisotopic (exact) mass is 613 g/mol. The van der Waals surface area contributed by atoms with Crippen LogP contribution in [0.25, 0.3) is 0 Å². The molecule has 2 heterocycles. The number of aryl methyl sites for hydroxylation is 1. The molecule has 0 aliphatic carbocycles. The predicted octanol–water partition coefficient (Wildman–Crippen LogP) is 4.70. The van der Waals surface area contributed by atoms with Crippen LogP contribution < -0.4 is 21.6 Å². The summed E-state index contributed by atoms with van der Waals surface area (Å²) in [5.74, 6) is 0. The topological polar surface area (TPSA) is 85.8 Å². The highest BCUT2D eigenvalue weighted by molar-refractivity contribution is 6.99. The molecule has 1 aromatic heterocycles. The Labute approximate surface area is 260 Å². The van der Waals surface area contributed by atoms with Gasteiger partial charge in [-0.1, -0.05) is 112 Å². The Morgan fingerprint density at radius 2 is 1.50 bits per heavy atom. The molecule has 44 heavy (non-hydrogen) atoms. The Balaban J connectivity index is 1.53. The van der Waals surface area contributed by atoms with Crippen LogP contribution in [0.1, 0.15) is 57.5 Å². The summed E-state index contributed by atoms with van der Waals surface area (Å²) in [6.45, 7) is 10.7. The van der Waals surface area contributed by atoms with Crippen molar-refractivity contribution in [2.75, 3.05) is 13.7 Å². The number of hydrogen-bond acceptors (Lipinski definition) is 6. The second-order valence-electron chi connectivity index (χ2n) is 12.6. The summed E-state index contributed by atoms with van der Waals surface area (Å²) in [7, 11) is -1.03. The molecule has 4 aromatic rings. The predicted molar refractivity (Wildman–Crippen MR) is 176 cm³/mol. The smallest absolute Gasteiger partial charge is 0.330 e. The lowest BCUT2D eigenvalue weighted by atomic mass is 10.1. The van der Waals surface area contributed by atoms with Crippen LogP contribution in [0.4, 0.5) is 0 Å². The Morgan fingerprint density at radius 3 is 2.05 bits per heavy atom. The van der Waals surface area contributed by atoms with E-state index in [1.807, 2.05) is 42.4 Å². The molecule has 3 aromatic carbocycles. The minimum Gasteiger partial charge on any atom is -0.402 e. The maximum absolute atomic E-state index is 12.9. The van der Waals surface area contributed by atoms with Crippen LogP contribution in [-0.2, 0) is 14.0 Å². The molecule has 4 atom stereocenters. The first-order valence-corrected chi connectivity index (χ1v) is 17.1. The molecule has 0 radical (unpaired) electrons. The molecule has 9 heteroatoms. The number of hydrogen-bond donors (Lipinski definition) is 1. The quantitative estimate of drug-likeness (QED) is 0.206. The highest BCUT2D eigenvalue weighted by Crippen LogP contribution is 2.41. The molecule has 0 bridgehead atoms. The molecule has 1 saturated heterocycles. The summed E-state index contributed by atoms with van der Waals surface area (Å²) >= 11 is 0. The molecule has 1 aliphatic rings. The summed E-state index contributed by atoms with van der Waals surface area (Å²) in [6, 6.07) is 31.1. The Morgan fingerprint density at radius 1 is 0.955 bits per heavy atom. The lowest BCUT2D eigenvalue weighted by Crippen LogP contribution is -2.68. The van der Waals surface area contributed by atoms with Crippen molar-refractivity contribution in [1.82, 2.24) is 14.6 Å². The normalized spacial score (nSPS) is 19.8. The van der Waals surface area contributed by atoms with Crippen molar-refractivity contribution in [3.63, 3.8) is 0 Å². The molecule has 8 nitrogen and oxygen atoms in total. The molecule has 5 rings (SSSR count). The number of rotatable bonds is 10. The third-order valence-corrected chi connectivity index (χ3v) is 13.7. The number of ether oxygens (including phenoxy) is 1. The van der Waals surface area contributed by atoms with Crippen LogP contribution >= 0.6 is 0 Å². The first kappa shape index (κ1) is 31.8. The third-order valence-electron chi connectivity index (χ3n) is 8.65. The van der Waals surface area contributed by atoms with Gasteiger partial charge < -0.3 is 9.16 Å². The standard InChI is InChI=1S/C35H43N3O5Si/c1-25-23-38(34(40)36-33(25)39)32-22-30(31(42-32)24-41-37(6)26(2)27-16-10-7-11-17-27)43-44(35(3,4)5,28-18-12-8-13-19-28)29-20-14-9-15-21-29/h7-21,23,26,30-32H,22,24H2,1-6H3,(H,36,39,40)/t26?,30-,31+,32+/m0/s1. The van der Waals surface area contributed by atoms with Gasteiger partial charge in [0.15, 0.2) is 0 Å². The molecule has 0 amide bonds. The highest BCUT2D eigenvalue weighted by atomic mass is 28.4. The van der Waals surface area contributed by atoms with Crippen molar-refractivity contribution in [3.8, 4) is 0 Å². The molecular formula is C35H43N3O5Si. The fourth-order valence-electron chi connectivity index (χ4n) is 6.11. The van der Waals surface area contributed by atoms with Gasteiger partial charge in [0.05, 0.1) is 18.8 Å².